The van der Waals surface area contributed by atoms with E-state index in [-0.39, 0.29) is 24.0 Å². The van der Waals surface area contributed by atoms with E-state index in [2.05, 4.69) is 10.6 Å². The first-order valence-corrected chi connectivity index (χ1v) is 7.08. The van der Waals surface area contributed by atoms with E-state index in [0.29, 0.717) is 0 Å². The fourth-order valence-electron chi connectivity index (χ4n) is 2.55. The van der Waals surface area contributed by atoms with E-state index in [0.717, 1.165) is 25.9 Å². The van der Waals surface area contributed by atoms with Crippen LogP contribution in [-0.4, -0.2) is 31.2 Å². The highest BCUT2D eigenvalue weighted by Crippen LogP contribution is 2.37. The molecule has 0 aromatic heterocycles. The summed E-state index contributed by atoms with van der Waals surface area (Å²) in [5.41, 5.74) is 0.130. The largest absolute Gasteiger partial charge is 0.396 e. The molecule has 22 heavy (non-hydrogen) atoms. The predicted octanol–water partition coefficient (Wildman–Crippen LogP) is 3.01. The van der Waals surface area contributed by atoms with E-state index >= 15 is 0 Å². The fourth-order valence-corrected chi connectivity index (χ4v) is 2.55. The summed E-state index contributed by atoms with van der Waals surface area (Å²) < 4.78 is 39.5. The Morgan fingerprint density at radius 1 is 1.23 bits per heavy atom. The zero-order chi connectivity index (χ0) is 15.3. The zero-order valence-corrected chi connectivity index (χ0v) is 12.8. The standard InChI is InChI=1S/C15H19F3N2O.ClH/c16-15(17,18)13(11-4-2-1-3-5-11)10-14(21)20-12-6-8-19-9-7-12;/h1-5,12-13,19H,6-10H2,(H,20,21);1H. The first kappa shape index (κ1) is 18.8. The van der Waals surface area contributed by atoms with Crippen molar-refractivity contribution in [1.29, 1.82) is 0 Å². The lowest BCUT2D eigenvalue weighted by molar-refractivity contribution is -0.157. The monoisotopic (exact) mass is 336 g/mol. The number of benzene rings is 1. The van der Waals surface area contributed by atoms with E-state index in [1.807, 2.05) is 0 Å². The summed E-state index contributed by atoms with van der Waals surface area (Å²) >= 11 is 0. The van der Waals surface area contributed by atoms with Gasteiger partial charge in [-0.1, -0.05) is 30.3 Å². The zero-order valence-electron chi connectivity index (χ0n) is 12.0. The second-order valence-corrected chi connectivity index (χ2v) is 5.30. The molecule has 1 aromatic carbocycles. The number of carbonyl (C=O) groups is 1. The van der Waals surface area contributed by atoms with E-state index < -0.39 is 24.4 Å². The molecule has 1 saturated heterocycles. The maximum Gasteiger partial charge on any atom is 0.396 e. The van der Waals surface area contributed by atoms with Crippen molar-refractivity contribution in [3.8, 4) is 0 Å². The van der Waals surface area contributed by atoms with Gasteiger partial charge in [-0.3, -0.25) is 4.79 Å². The third kappa shape index (κ3) is 5.50. The summed E-state index contributed by atoms with van der Waals surface area (Å²) in [7, 11) is 0. The highest BCUT2D eigenvalue weighted by molar-refractivity contribution is 5.85. The second kappa shape index (κ2) is 8.39. The van der Waals surface area contributed by atoms with Crippen LogP contribution in [0.2, 0.25) is 0 Å². The molecule has 0 saturated carbocycles. The number of amides is 1. The van der Waals surface area contributed by atoms with Crippen LogP contribution in [0.1, 0.15) is 30.7 Å². The average Bonchev–Trinajstić information content (AvgIpc) is 2.45. The van der Waals surface area contributed by atoms with Crippen molar-refractivity contribution in [2.24, 2.45) is 0 Å². The minimum atomic E-state index is -4.42. The number of piperidine rings is 1. The molecule has 1 fully saturated rings. The van der Waals surface area contributed by atoms with Crippen molar-refractivity contribution >= 4 is 18.3 Å². The van der Waals surface area contributed by atoms with Crippen molar-refractivity contribution in [1.82, 2.24) is 10.6 Å². The van der Waals surface area contributed by atoms with Crippen molar-refractivity contribution in [2.45, 2.75) is 37.4 Å². The number of halogens is 4. The van der Waals surface area contributed by atoms with Crippen LogP contribution < -0.4 is 10.6 Å². The normalized spacial score (nSPS) is 17.4. The maximum absolute atomic E-state index is 13.2. The number of rotatable bonds is 4. The smallest absolute Gasteiger partial charge is 0.353 e. The third-order valence-corrected chi connectivity index (χ3v) is 3.69. The summed E-state index contributed by atoms with van der Waals surface area (Å²) in [6.45, 7) is 1.57. The molecule has 0 aliphatic carbocycles. The van der Waals surface area contributed by atoms with Gasteiger partial charge >= 0.3 is 6.18 Å². The van der Waals surface area contributed by atoms with E-state index in [4.69, 9.17) is 0 Å². The molecular weight excluding hydrogens is 317 g/mol. The van der Waals surface area contributed by atoms with Crippen LogP contribution in [-0.2, 0) is 4.79 Å². The molecule has 124 valence electrons. The Balaban J connectivity index is 0.00000242. The molecule has 1 aliphatic rings. The van der Waals surface area contributed by atoms with Crippen molar-refractivity contribution < 1.29 is 18.0 Å². The molecule has 2 N–H and O–H groups in total. The van der Waals surface area contributed by atoms with Gasteiger partial charge in [-0.25, -0.2) is 0 Å². The third-order valence-electron chi connectivity index (χ3n) is 3.69. The van der Waals surface area contributed by atoms with Crippen LogP contribution in [0, 0.1) is 0 Å². The highest BCUT2D eigenvalue weighted by atomic mass is 35.5. The molecule has 0 bridgehead atoms. The van der Waals surface area contributed by atoms with Gasteiger partial charge in [0.15, 0.2) is 0 Å². The average molecular weight is 337 g/mol. The molecule has 1 atom stereocenters. The van der Waals surface area contributed by atoms with Gasteiger partial charge in [0, 0.05) is 12.5 Å². The molecule has 1 heterocycles. The van der Waals surface area contributed by atoms with Crippen molar-refractivity contribution in [2.75, 3.05) is 13.1 Å². The Bertz CT molecular complexity index is 462. The summed E-state index contributed by atoms with van der Waals surface area (Å²) in [6, 6.07) is 7.57. The molecule has 0 radical (unpaired) electrons. The number of alkyl halides is 3. The van der Waals surface area contributed by atoms with Gasteiger partial charge in [0.05, 0.1) is 5.92 Å². The van der Waals surface area contributed by atoms with Gasteiger partial charge in [0.1, 0.15) is 0 Å². The minimum Gasteiger partial charge on any atom is -0.353 e. The Morgan fingerprint density at radius 2 is 1.82 bits per heavy atom. The van der Waals surface area contributed by atoms with Crippen molar-refractivity contribution in [3.63, 3.8) is 0 Å². The quantitative estimate of drug-likeness (QED) is 0.887. The summed E-state index contributed by atoms with van der Waals surface area (Å²) in [5, 5.41) is 5.86. The Hall–Kier alpha value is -1.27. The second-order valence-electron chi connectivity index (χ2n) is 5.30. The van der Waals surface area contributed by atoms with Crippen LogP contribution in [0.4, 0.5) is 13.2 Å². The molecule has 1 unspecified atom stereocenters. The van der Waals surface area contributed by atoms with Gasteiger partial charge < -0.3 is 10.6 Å². The number of hydrogen-bond acceptors (Lipinski definition) is 2. The molecular formula is C15H20ClF3N2O. The minimum absolute atomic E-state index is 0. The number of nitrogens with one attached hydrogen (secondary N) is 2. The lowest BCUT2D eigenvalue weighted by atomic mass is 9.94. The first-order valence-electron chi connectivity index (χ1n) is 7.08. The van der Waals surface area contributed by atoms with Gasteiger partial charge in [0.25, 0.3) is 0 Å². The summed E-state index contributed by atoms with van der Waals surface area (Å²) in [6.07, 6.45) is -3.47. The lowest BCUT2D eigenvalue weighted by Gasteiger charge is -2.25. The van der Waals surface area contributed by atoms with E-state index in [9.17, 15) is 18.0 Å². The topological polar surface area (TPSA) is 41.1 Å². The Kier molecular flexibility index (Phi) is 7.16. The lowest BCUT2D eigenvalue weighted by Crippen LogP contribution is -2.43. The van der Waals surface area contributed by atoms with Crippen LogP contribution in [0.5, 0.6) is 0 Å². The molecule has 1 amide bonds. The van der Waals surface area contributed by atoms with Gasteiger partial charge in [0.2, 0.25) is 5.91 Å². The molecule has 0 spiro atoms. The number of carbonyl (C=O) groups excluding carboxylic acids is 1. The molecule has 3 nitrogen and oxygen atoms in total. The van der Waals surface area contributed by atoms with Gasteiger partial charge in [-0.15, -0.1) is 12.4 Å². The first-order chi connectivity index (χ1) is 9.97. The molecule has 1 aromatic rings. The molecule has 1 aliphatic heterocycles. The Labute approximate surface area is 134 Å². The Morgan fingerprint density at radius 3 is 2.36 bits per heavy atom. The van der Waals surface area contributed by atoms with Crippen LogP contribution in [0.3, 0.4) is 0 Å². The maximum atomic E-state index is 13.2. The SMILES string of the molecule is Cl.O=C(CC(c1ccccc1)C(F)(F)F)NC1CCNCC1. The van der Waals surface area contributed by atoms with E-state index in [1.54, 1.807) is 18.2 Å². The molecule has 7 heteroatoms. The summed E-state index contributed by atoms with van der Waals surface area (Å²) in [5.74, 6) is -2.28. The highest BCUT2D eigenvalue weighted by Gasteiger charge is 2.42. The van der Waals surface area contributed by atoms with Crippen LogP contribution in [0.15, 0.2) is 30.3 Å². The predicted molar refractivity (Wildman–Crippen MR) is 81.1 cm³/mol. The van der Waals surface area contributed by atoms with Gasteiger partial charge in [-0.05, 0) is 31.5 Å². The van der Waals surface area contributed by atoms with Gasteiger partial charge in [-0.2, -0.15) is 13.2 Å². The van der Waals surface area contributed by atoms with Crippen LogP contribution >= 0.6 is 12.4 Å². The van der Waals surface area contributed by atoms with Crippen molar-refractivity contribution in [3.05, 3.63) is 35.9 Å². The molecule has 2 rings (SSSR count). The van der Waals surface area contributed by atoms with Crippen LogP contribution in [0.25, 0.3) is 0 Å². The summed E-state index contributed by atoms with van der Waals surface area (Å²) in [4.78, 5) is 11.9. The number of hydrogen-bond donors (Lipinski definition) is 2. The fraction of sp³-hybridized carbons (Fsp3) is 0.533. The van der Waals surface area contributed by atoms with E-state index in [1.165, 1.54) is 12.1 Å².